The summed E-state index contributed by atoms with van der Waals surface area (Å²) in [6.07, 6.45) is 1.60. The minimum Gasteiger partial charge on any atom is -0.378 e. The third-order valence-electron chi connectivity index (χ3n) is 5.12. The number of hydrogen-bond donors (Lipinski definition) is 2. The number of anilines is 2. The van der Waals surface area contributed by atoms with E-state index in [1.807, 2.05) is 50.2 Å². The second-order valence-electron chi connectivity index (χ2n) is 7.36. The molecule has 9 heteroatoms. The number of hydrogen-bond acceptors (Lipinski definition) is 7. The Balaban J connectivity index is 1.32. The highest BCUT2D eigenvalue weighted by atomic mass is 16.5. The third kappa shape index (κ3) is 5.00. The smallest absolute Gasteiger partial charge is 0.254 e. The number of nitrogens with one attached hydrogen (secondary N) is 2. The molecule has 3 aromatic rings. The number of aromatic nitrogens is 4. The van der Waals surface area contributed by atoms with Crippen molar-refractivity contribution in [2.75, 3.05) is 49.6 Å². The van der Waals surface area contributed by atoms with Crippen LogP contribution in [0.3, 0.4) is 0 Å². The van der Waals surface area contributed by atoms with E-state index in [4.69, 9.17) is 4.74 Å². The number of carbonyl (C=O) groups is 1. The minimum absolute atomic E-state index is 0.152. The van der Waals surface area contributed by atoms with Crippen molar-refractivity contribution in [1.82, 2.24) is 25.1 Å². The molecule has 1 saturated heterocycles. The van der Waals surface area contributed by atoms with E-state index < -0.39 is 0 Å². The summed E-state index contributed by atoms with van der Waals surface area (Å²) in [5, 5.41) is 10.5. The molecule has 0 aliphatic carbocycles. The number of amides is 1. The Morgan fingerprint density at radius 3 is 2.65 bits per heavy atom. The molecule has 1 aromatic carbocycles. The Hall–Kier alpha value is -3.46. The lowest BCUT2D eigenvalue weighted by Gasteiger charge is -2.28. The molecule has 0 unspecified atom stereocenters. The van der Waals surface area contributed by atoms with Crippen LogP contribution in [0.2, 0.25) is 0 Å². The maximum atomic E-state index is 12.6. The number of nitrogens with zero attached hydrogens (tertiary/aromatic N) is 5. The molecule has 0 saturated carbocycles. The molecular weight excluding hydrogens is 394 g/mol. The first kappa shape index (κ1) is 20.8. The van der Waals surface area contributed by atoms with Crippen molar-refractivity contribution in [2.45, 2.75) is 13.8 Å². The maximum absolute atomic E-state index is 12.6. The van der Waals surface area contributed by atoms with E-state index in [1.54, 1.807) is 10.9 Å². The number of aryl methyl sites for hydroxylation is 1. The Morgan fingerprint density at radius 1 is 1.10 bits per heavy atom. The van der Waals surface area contributed by atoms with Crippen LogP contribution in [0.25, 0.3) is 5.69 Å². The molecule has 4 rings (SSSR count). The Labute approximate surface area is 181 Å². The Morgan fingerprint density at radius 2 is 1.87 bits per heavy atom. The molecule has 0 spiro atoms. The number of morpholine rings is 1. The van der Waals surface area contributed by atoms with Crippen molar-refractivity contribution in [3.63, 3.8) is 0 Å². The van der Waals surface area contributed by atoms with Gasteiger partial charge in [-0.1, -0.05) is 18.2 Å². The third-order valence-corrected chi connectivity index (χ3v) is 5.12. The van der Waals surface area contributed by atoms with Gasteiger partial charge < -0.3 is 20.3 Å². The van der Waals surface area contributed by atoms with Crippen LogP contribution in [0.1, 0.15) is 21.7 Å². The number of ether oxygens (including phenoxy) is 1. The van der Waals surface area contributed by atoms with Gasteiger partial charge in [-0.2, -0.15) is 10.1 Å². The second kappa shape index (κ2) is 9.57. The van der Waals surface area contributed by atoms with Crippen LogP contribution in [-0.2, 0) is 4.74 Å². The highest BCUT2D eigenvalue weighted by molar-refractivity contribution is 5.95. The Kier molecular flexibility index (Phi) is 6.42. The van der Waals surface area contributed by atoms with E-state index in [2.05, 4.69) is 30.6 Å². The molecule has 0 atom stereocenters. The summed E-state index contributed by atoms with van der Waals surface area (Å²) in [6.45, 7) is 7.86. The van der Waals surface area contributed by atoms with Crippen molar-refractivity contribution in [2.24, 2.45) is 0 Å². The number of para-hydroxylation sites is 1. The van der Waals surface area contributed by atoms with Crippen molar-refractivity contribution < 1.29 is 9.53 Å². The van der Waals surface area contributed by atoms with Gasteiger partial charge in [0.15, 0.2) is 0 Å². The van der Waals surface area contributed by atoms with E-state index in [0.717, 1.165) is 36.0 Å². The molecule has 31 heavy (non-hydrogen) atoms. The van der Waals surface area contributed by atoms with Gasteiger partial charge in [0.25, 0.3) is 5.91 Å². The average molecular weight is 422 g/mol. The van der Waals surface area contributed by atoms with Crippen molar-refractivity contribution in [1.29, 1.82) is 0 Å². The van der Waals surface area contributed by atoms with Crippen LogP contribution >= 0.6 is 0 Å². The lowest BCUT2D eigenvalue weighted by Crippen LogP contribution is -2.37. The highest BCUT2D eigenvalue weighted by Crippen LogP contribution is 2.16. The van der Waals surface area contributed by atoms with E-state index in [9.17, 15) is 4.79 Å². The van der Waals surface area contributed by atoms with Gasteiger partial charge in [0.1, 0.15) is 5.82 Å². The van der Waals surface area contributed by atoms with Crippen LogP contribution < -0.4 is 15.5 Å². The normalized spacial score (nSPS) is 13.8. The lowest BCUT2D eigenvalue weighted by atomic mass is 10.2. The van der Waals surface area contributed by atoms with Crippen molar-refractivity contribution >= 4 is 17.7 Å². The van der Waals surface area contributed by atoms with Gasteiger partial charge in [0, 0.05) is 37.9 Å². The van der Waals surface area contributed by atoms with Crippen LogP contribution in [-0.4, -0.2) is 65.0 Å². The average Bonchev–Trinajstić information content (AvgIpc) is 3.19. The fourth-order valence-electron chi connectivity index (χ4n) is 3.49. The summed E-state index contributed by atoms with van der Waals surface area (Å²) in [5.74, 6) is 1.30. The molecule has 1 fully saturated rings. The molecule has 2 N–H and O–H groups in total. The fraction of sp³-hybridized carbons (Fsp3) is 0.364. The molecule has 1 amide bonds. The predicted octanol–water partition coefficient (Wildman–Crippen LogP) is 1.96. The topological polar surface area (TPSA) is 97.2 Å². The van der Waals surface area contributed by atoms with Crippen LogP contribution in [0.5, 0.6) is 0 Å². The van der Waals surface area contributed by atoms with Crippen LogP contribution in [0.15, 0.2) is 42.6 Å². The van der Waals surface area contributed by atoms with Gasteiger partial charge in [-0.3, -0.25) is 4.79 Å². The molecule has 3 heterocycles. The monoisotopic (exact) mass is 421 g/mol. The first-order valence-corrected chi connectivity index (χ1v) is 10.4. The summed E-state index contributed by atoms with van der Waals surface area (Å²) in [7, 11) is 0. The van der Waals surface area contributed by atoms with E-state index >= 15 is 0 Å². The highest BCUT2D eigenvalue weighted by Gasteiger charge is 2.16. The fourth-order valence-corrected chi connectivity index (χ4v) is 3.49. The first-order chi connectivity index (χ1) is 15.1. The van der Waals surface area contributed by atoms with Gasteiger partial charge in [0.05, 0.1) is 36.4 Å². The van der Waals surface area contributed by atoms with E-state index in [1.165, 1.54) is 0 Å². The summed E-state index contributed by atoms with van der Waals surface area (Å²) >= 11 is 0. The predicted molar refractivity (Wildman–Crippen MR) is 119 cm³/mol. The quantitative estimate of drug-likeness (QED) is 0.563. The molecule has 2 aromatic heterocycles. The Bertz CT molecular complexity index is 1030. The summed E-state index contributed by atoms with van der Waals surface area (Å²) in [5.41, 5.74) is 3.18. The zero-order valence-corrected chi connectivity index (χ0v) is 17.8. The zero-order chi connectivity index (χ0) is 21.6. The standard InChI is InChI=1S/C22H27N7O2/c1-16-14-20(28-10-12-31-13-11-28)27-22(26-16)24-9-8-23-21(30)19-15-25-29(17(19)2)18-6-4-3-5-7-18/h3-7,14-15H,8-13H2,1-2H3,(H,23,30)(H,24,26,27). The molecule has 0 bridgehead atoms. The van der Waals surface area contributed by atoms with Crippen molar-refractivity contribution in [3.05, 3.63) is 59.5 Å². The van der Waals surface area contributed by atoms with Crippen LogP contribution in [0, 0.1) is 13.8 Å². The summed E-state index contributed by atoms with van der Waals surface area (Å²) in [6, 6.07) is 11.7. The molecular formula is C22H27N7O2. The molecule has 9 nitrogen and oxygen atoms in total. The largest absolute Gasteiger partial charge is 0.378 e. The van der Waals surface area contributed by atoms with E-state index in [0.29, 0.717) is 37.8 Å². The molecule has 1 aliphatic rings. The van der Waals surface area contributed by atoms with Crippen LogP contribution in [0.4, 0.5) is 11.8 Å². The van der Waals surface area contributed by atoms with Gasteiger partial charge in [-0.15, -0.1) is 0 Å². The van der Waals surface area contributed by atoms with Gasteiger partial charge in [-0.25, -0.2) is 9.67 Å². The lowest BCUT2D eigenvalue weighted by molar-refractivity contribution is 0.0954. The molecule has 0 radical (unpaired) electrons. The zero-order valence-electron chi connectivity index (χ0n) is 17.8. The number of carbonyl (C=O) groups excluding carboxylic acids is 1. The van der Waals surface area contributed by atoms with Gasteiger partial charge in [-0.05, 0) is 26.0 Å². The van der Waals surface area contributed by atoms with Gasteiger partial charge in [0.2, 0.25) is 5.95 Å². The van der Waals surface area contributed by atoms with Gasteiger partial charge >= 0.3 is 0 Å². The number of rotatable bonds is 7. The minimum atomic E-state index is -0.152. The van der Waals surface area contributed by atoms with Crippen molar-refractivity contribution in [3.8, 4) is 5.69 Å². The SMILES string of the molecule is Cc1cc(N2CCOCC2)nc(NCCNC(=O)c2cnn(-c3ccccc3)c2C)n1. The molecule has 162 valence electrons. The second-order valence-corrected chi connectivity index (χ2v) is 7.36. The first-order valence-electron chi connectivity index (χ1n) is 10.4. The summed E-state index contributed by atoms with van der Waals surface area (Å²) < 4.78 is 7.17. The van der Waals surface area contributed by atoms with E-state index in [-0.39, 0.29) is 5.91 Å². The maximum Gasteiger partial charge on any atom is 0.254 e. The molecule has 1 aliphatic heterocycles. The summed E-state index contributed by atoms with van der Waals surface area (Å²) in [4.78, 5) is 23.8. The number of benzene rings is 1.